The predicted octanol–water partition coefficient (Wildman–Crippen LogP) is 2.25. The van der Waals surface area contributed by atoms with Gasteiger partial charge >= 0.3 is 0 Å². The number of nitrogens with zero attached hydrogens (tertiary/aromatic N) is 4. The minimum Gasteiger partial charge on any atom is -0.493 e. The molecule has 1 saturated heterocycles. The highest BCUT2D eigenvalue weighted by Crippen LogP contribution is 2.38. The first-order valence-electron chi connectivity index (χ1n) is 9.85. The molecule has 0 saturated carbocycles. The van der Waals surface area contributed by atoms with Crippen LogP contribution in [0.5, 0.6) is 11.5 Å². The summed E-state index contributed by atoms with van der Waals surface area (Å²) in [5.41, 5.74) is 1.56. The number of anilines is 1. The summed E-state index contributed by atoms with van der Waals surface area (Å²) in [6.07, 6.45) is 2.01. The van der Waals surface area contributed by atoms with Crippen molar-refractivity contribution in [3.05, 3.63) is 23.9 Å². The number of fused-ring (bicyclic) bond motifs is 1. The van der Waals surface area contributed by atoms with Crippen molar-refractivity contribution in [1.82, 2.24) is 9.29 Å². The van der Waals surface area contributed by atoms with Crippen LogP contribution in [0, 0.1) is 11.3 Å². The smallest absolute Gasteiger partial charge is 0.277 e. The van der Waals surface area contributed by atoms with Crippen LogP contribution < -0.4 is 19.5 Å². The van der Waals surface area contributed by atoms with E-state index >= 15 is 0 Å². The summed E-state index contributed by atoms with van der Waals surface area (Å²) in [6.45, 7) is 0.363. The van der Waals surface area contributed by atoms with Crippen LogP contribution in [0.2, 0.25) is 0 Å². The average Bonchev–Trinajstić information content (AvgIpc) is 2.74. The Morgan fingerprint density at radius 2 is 1.88 bits per heavy atom. The van der Waals surface area contributed by atoms with E-state index in [2.05, 4.69) is 11.1 Å². The molecule has 174 valence electrons. The third-order valence-electron chi connectivity index (χ3n) is 5.41. The Hall–Kier alpha value is -2.75. The number of methoxy groups -OCH3 is 2. The molecule has 0 amide bonds. The molecule has 2 N–H and O–H groups in total. The molecule has 32 heavy (non-hydrogen) atoms. The number of nitriles is 1. The first kappa shape index (κ1) is 23.9. The van der Waals surface area contributed by atoms with Crippen molar-refractivity contribution in [3.8, 4) is 17.6 Å². The summed E-state index contributed by atoms with van der Waals surface area (Å²) in [5.74, 6) is -2.25. The topological polar surface area (TPSA) is 122 Å². The number of hydrogen-bond acceptors (Lipinski definition) is 7. The van der Waals surface area contributed by atoms with Gasteiger partial charge in [-0.15, -0.1) is 0 Å². The molecule has 2 aromatic rings. The number of hydrogen-bond donors (Lipinski definition) is 1. The number of piperidine rings is 1. The molecule has 0 radical (unpaired) electrons. The Morgan fingerprint density at radius 1 is 1.28 bits per heavy atom. The van der Waals surface area contributed by atoms with Crippen molar-refractivity contribution in [1.29, 1.82) is 5.26 Å². The molecule has 2 heterocycles. The summed E-state index contributed by atoms with van der Waals surface area (Å²) in [7, 11) is -1.29. The second-order valence-electron chi connectivity index (χ2n) is 7.74. The Balaban J connectivity index is 1.95. The number of ether oxygens (including phenoxy) is 2. The van der Waals surface area contributed by atoms with Gasteiger partial charge in [-0.3, -0.25) is 4.98 Å². The second-order valence-corrected chi connectivity index (χ2v) is 9.23. The fourth-order valence-electron chi connectivity index (χ4n) is 4.01. The lowest BCUT2D eigenvalue weighted by Gasteiger charge is -2.39. The Labute approximate surface area is 185 Å². The highest BCUT2D eigenvalue weighted by atomic mass is 32.2. The number of halogens is 2. The second kappa shape index (κ2) is 9.01. The minimum atomic E-state index is -4.30. The fraction of sp³-hybridized carbons (Fsp3) is 0.500. The van der Waals surface area contributed by atoms with Crippen molar-refractivity contribution >= 4 is 26.8 Å². The van der Waals surface area contributed by atoms with Gasteiger partial charge in [0.2, 0.25) is 0 Å². The number of aromatic nitrogens is 1. The molecule has 1 aromatic heterocycles. The molecular weight excluding hydrogens is 444 g/mol. The summed E-state index contributed by atoms with van der Waals surface area (Å²) in [6, 6.07) is 4.91. The number of alkyl halides is 2. The Bertz CT molecular complexity index is 1140. The van der Waals surface area contributed by atoms with E-state index in [0.717, 1.165) is 0 Å². The molecule has 0 spiro atoms. The third kappa shape index (κ3) is 5.01. The van der Waals surface area contributed by atoms with Crippen LogP contribution >= 0.6 is 0 Å². The van der Waals surface area contributed by atoms with E-state index in [1.165, 1.54) is 20.4 Å². The number of benzene rings is 1. The zero-order chi connectivity index (χ0) is 23.7. The lowest BCUT2D eigenvalue weighted by molar-refractivity contribution is -0.00442. The average molecular weight is 470 g/mol. The number of rotatable bonds is 7. The zero-order valence-electron chi connectivity index (χ0n) is 18.0. The molecule has 12 heteroatoms. The van der Waals surface area contributed by atoms with Gasteiger partial charge in [-0.2, -0.15) is 18.0 Å². The van der Waals surface area contributed by atoms with Crippen molar-refractivity contribution in [2.24, 2.45) is 5.14 Å². The Kier molecular flexibility index (Phi) is 6.73. The molecule has 1 aliphatic rings. The molecule has 0 bridgehead atoms. The first-order valence-corrected chi connectivity index (χ1v) is 11.4. The maximum Gasteiger partial charge on any atom is 0.277 e. The zero-order valence-corrected chi connectivity index (χ0v) is 18.8. The van der Waals surface area contributed by atoms with Gasteiger partial charge in [-0.05, 0) is 18.9 Å². The van der Waals surface area contributed by atoms with Gasteiger partial charge in [0.25, 0.3) is 16.1 Å². The third-order valence-corrected chi connectivity index (χ3v) is 6.49. The molecule has 0 atom stereocenters. The van der Waals surface area contributed by atoms with Crippen LogP contribution in [-0.2, 0) is 10.2 Å². The van der Waals surface area contributed by atoms with Gasteiger partial charge in [0.1, 0.15) is 6.07 Å². The summed E-state index contributed by atoms with van der Waals surface area (Å²) >= 11 is 0. The van der Waals surface area contributed by atoms with Crippen LogP contribution in [0.1, 0.15) is 25.3 Å². The normalized spacial score (nSPS) is 15.8. The minimum absolute atomic E-state index is 0.272. The van der Waals surface area contributed by atoms with E-state index in [-0.39, 0.29) is 12.8 Å². The van der Waals surface area contributed by atoms with Gasteiger partial charge in [0, 0.05) is 43.7 Å². The van der Waals surface area contributed by atoms with E-state index in [1.54, 1.807) is 12.1 Å². The van der Waals surface area contributed by atoms with E-state index in [1.807, 2.05) is 4.90 Å². The Morgan fingerprint density at radius 3 is 2.38 bits per heavy atom. The largest absolute Gasteiger partial charge is 0.493 e. The van der Waals surface area contributed by atoms with Crippen molar-refractivity contribution in [3.63, 3.8) is 0 Å². The van der Waals surface area contributed by atoms with Crippen molar-refractivity contribution < 1.29 is 26.7 Å². The maximum atomic E-state index is 13.6. The van der Waals surface area contributed by atoms with E-state index in [0.29, 0.717) is 58.0 Å². The lowest BCUT2D eigenvalue weighted by atomic mass is 10.0. The highest BCUT2D eigenvalue weighted by molar-refractivity contribution is 7.86. The molecule has 9 nitrogen and oxygen atoms in total. The first-order chi connectivity index (χ1) is 15.0. The molecule has 3 rings (SSSR count). The van der Waals surface area contributed by atoms with Gasteiger partial charge in [-0.25, -0.2) is 13.9 Å². The number of pyridine rings is 1. The molecule has 0 unspecified atom stereocenters. The van der Waals surface area contributed by atoms with Crippen molar-refractivity contribution in [2.75, 3.05) is 38.8 Å². The fourth-order valence-corrected chi connectivity index (χ4v) is 5.04. The van der Waals surface area contributed by atoms with Gasteiger partial charge in [-0.1, -0.05) is 0 Å². The SMILES string of the molecule is COc1cc2ncc(C#N)c(N3CCC(N(CC(C)(F)F)S(N)(=O)=O)CC3)c2cc1OC. The number of nitrogens with two attached hydrogens (primary N) is 1. The molecule has 1 aliphatic heterocycles. The van der Waals surface area contributed by atoms with E-state index in [4.69, 9.17) is 14.6 Å². The summed E-state index contributed by atoms with van der Waals surface area (Å²) in [5, 5.41) is 15.5. The van der Waals surface area contributed by atoms with Crippen molar-refractivity contribution in [2.45, 2.75) is 31.7 Å². The van der Waals surface area contributed by atoms with Gasteiger partial charge < -0.3 is 14.4 Å². The predicted molar refractivity (Wildman–Crippen MR) is 115 cm³/mol. The van der Waals surface area contributed by atoms with Crippen LogP contribution in [0.25, 0.3) is 10.9 Å². The van der Waals surface area contributed by atoms with Gasteiger partial charge in [0.05, 0.1) is 37.5 Å². The standard InChI is InChI=1S/C20H25F2N5O4S/c1-20(21,22)12-27(32(24,28)29)14-4-6-26(7-5-14)19-13(10-23)11-25-16-9-18(31-3)17(30-2)8-15(16)19/h8-9,11,14H,4-7,12H2,1-3H3,(H2,24,28,29). The summed E-state index contributed by atoms with van der Waals surface area (Å²) in [4.78, 5) is 6.26. The van der Waals surface area contributed by atoms with Crippen LogP contribution in [-0.4, -0.2) is 63.5 Å². The maximum absolute atomic E-state index is 13.6. The lowest BCUT2D eigenvalue weighted by Crippen LogP contribution is -2.52. The highest BCUT2D eigenvalue weighted by Gasteiger charge is 2.37. The van der Waals surface area contributed by atoms with E-state index in [9.17, 15) is 22.5 Å². The quantitative estimate of drug-likeness (QED) is 0.660. The monoisotopic (exact) mass is 469 g/mol. The molecular formula is C20H25F2N5O4S. The van der Waals surface area contributed by atoms with Gasteiger partial charge in [0.15, 0.2) is 11.5 Å². The molecule has 1 fully saturated rings. The van der Waals surface area contributed by atoms with Crippen LogP contribution in [0.3, 0.4) is 0 Å². The van der Waals surface area contributed by atoms with Crippen LogP contribution in [0.4, 0.5) is 14.5 Å². The van der Waals surface area contributed by atoms with E-state index < -0.39 is 28.7 Å². The molecule has 1 aromatic carbocycles. The van der Waals surface area contributed by atoms with Crippen LogP contribution in [0.15, 0.2) is 18.3 Å². The summed E-state index contributed by atoms with van der Waals surface area (Å²) < 4.78 is 62.4. The molecule has 0 aliphatic carbocycles.